The molecule has 0 radical (unpaired) electrons. The molecule has 17 heavy (non-hydrogen) atoms. The fraction of sp³-hybridized carbons (Fsp3) is 0.923. The molecule has 2 rings (SSSR count). The summed E-state index contributed by atoms with van der Waals surface area (Å²) in [5.41, 5.74) is 0. The molecule has 2 saturated heterocycles. The van der Waals surface area contributed by atoms with Crippen molar-refractivity contribution in [1.82, 2.24) is 15.1 Å². The zero-order valence-electron chi connectivity index (χ0n) is 11.0. The SMILES string of the molecule is CN(CC(=O)N1CCCC1)C1CCCCNC1. The molecule has 0 aromatic rings. The molecule has 1 atom stereocenters. The molecular weight excluding hydrogens is 214 g/mol. The monoisotopic (exact) mass is 239 g/mol. The Labute approximate surface area is 104 Å². The third kappa shape index (κ3) is 3.68. The van der Waals surface area contributed by atoms with Crippen LogP contribution in [-0.4, -0.2) is 61.5 Å². The molecule has 0 spiro atoms. The Hall–Kier alpha value is -0.610. The molecule has 4 nitrogen and oxygen atoms in total. The smallest absolute Gasteiger partial charge is 0.236 e. The molecule has 2 aliphatic heterocycles. The number of likely N-dealkylation sites (tertiary alicyclic amines) is 1. The molecule has 0 aromatic carbocycles. The fourth-order valence-corrected chi connectivity index (χ4v) is 2.79. The van der Waals surface area contributed by atoms with Crippen LogP contribution in [0.25, 0.3) is 0 Å². The van der Waals surface area contributed by atoms with Crippen molar-refractivity contribution in [3.05, 3.63) is 0 Å². The van der Waals surface area contributed by atoms with E-state index in [1.54, 1.807) is 0 Å². The zero-order valence-corrected chi connectivity index (χ0v) is 11.0. The van der Waals surface area contributed by atoms with Crippen LogP contribution < -0.4 is 5.32 Å². The Morgan fingerprint density at radius 2 is 2.06 bits per heavy atom. The van der Waals surface area contributed by atoms with Crippen LogP contribution >= 0.6 is 0 Å². The maximum absolute atomic E-state index is 12.0. The van der Waals surface area contributed by atoms with Crippen LogP contribution in [-0.2, 0) is 4.79 Å². The average molecular weight is 239 g/mol. The van der Waals surface area contributed by atoms with Crippen molar-refractivity contribution in [2.75, 3.05) is 39.8 Å². The van der Waals surface area contributed by atoms with Gasteiger partial charge in [0.25, 0.3) is 0 Å². The second kappa shape index (κ2) is 6.36. The lowest BCUT2D eigenvalue weighted by Gasteiger charge is -2.28. The molecule has 2 fully saturated rings. The lowest BCUT2D eigenvalue weighted by molar-refractivity contribution is -0.131. The van der Waals surface area contributed by atoms with Crippen molar-refractivity contribution in [3.63, 3.8) is 0 Å². The van der Waals surface area contributed by atoms with E-state index in [1.165, 1.54) is 32.1 Å². The van der Waals surface area contributed by atoms with E-state index in [0.29, 0.717) is 18.5 Å². The molecule has 2 heterocycles. The summed E-state index contributed by atoms with van der Waals surface area (Å²) in [5.74, 6) is 0.314. The van der Waals surface area contributed by atoms with Gasteiger partial charge in [0.05, 0.1) is 6.54 Å². The minimum atomic E-state index is 0.314. The summed E-state index contributed by atoms with van der Waals surface area (Å²) in [4.78, 5) is 16.3. The first kappa shape index (κ1) is 12.8. The van der Waals surface area contributed by atoms with E-state index in [2.05, 4.69) is 17.3 Å². The van der Waals surface area contributed by atoms with E-state index in [-0.39, 0.29) is 0 Å². The molecule has 4 heteroatoms. The van der Waals surface area contributed by atoms with E-state index in [9.17, 15) is 4.79 Å². The van der Waals surface area contributed by atoms with Crippen LogP contribution in [0.2, 0.25) is 0 Å². The topological polar surface area (TPSA) is 35.6 Å². The number of hydrogen-bond donors (Lipinski definition) is 1. The van der Waals surface area contributed by atoms with Crippen LogP contribution in [0.5, 0.6) is 0 Å². The van der Waals surface area contributed by atoms with Gasteiger partial charge in [-0.3, -0.25) is 9.69 Å². The van der Waals surface area contributed by atoms with Crippen molar-refractivity contribution >= 4 is 5.91 Å². The van der Waals surface area contributed by atoms with Gasteiger partial charge in [0.1, 0.15) is 0 Å². The van der Waals surface area contributed by atoms with Crippen molar-refractivity contribution in [2.45, 2.75) is 38.1 Å². The molecular formula is C13H25N3O. The quantitative estimate of drug-likeness (QED) is 0.787. The lowest BCUT2D eigenvalue weighted by Crippen LogP contribution is -2.45. The first-order valence-electron chi connectivity index (χ1n) is 6.96. The highest BCUT2D eigenvalue weighted by Crippen LogP contribution is 2.12. The van der Waals surface area contributed by atoms with Gasteiger partial charge >= 0.3 is 0 Å². The average Bonchev–Trinajstić information content (AvgIpc) is 2.71. The zero-order chi connectivity index (χ0) is 12.1. The second-order valence-electron chi connectivity index (χ2n) is 5.36. The van der Waals surface area contributed by atoms with Crippen molar-refractivity contribution in [3.8, 4) is 0 Å². The lowest BCUT2D eigenvalue weighted by atomic mass is 10.1. The summed E-state index contributed by atoms with van der Waals surface area (Å²) in [7, 11) is 2.09. The Morgan fingerprint density at radius 1 is 1.29 bits per heavy atom. The third-order valence-electron chi connectivity index (χ3n) is 3.99. The van der Waals surface area contributed by atoms with Gasteiger partial charge in [-0.1, -0.05) is 6.42 Å². The summed E-state index contributed by atoms with van der Waals surface area (Å²) in [6.07, 6.45) is 6.13. The summed E-state index contributed by atoms with van der Waals surface area (Å²) >= 11 is 0. The van der Waals surface area contributed by atoms with Crippen LogP contribution in [0.1, 0.15) is 32.1 Å². The highest BCUT2D eigenvalue weighted by Gasteiger charge is 2.23. The van der Waals surface area contributed by atoms with Crippen LogP contribution in [0.3, 0.4) is 0 Å². The molecule has 1 amide bonds. The minimum absolute atomic E-state index is 0.314. The molecule has 2 aliphatic rings. The number of nitrogens with zero attached hydrogens (tertiary/aromatic N) is 2. The van der Waals surface area contributed by atoms with Gasteiger partial charge in [0.2, 0.25) is 5.91 Å². The Kier molecular flexibility index (Phi) is 4.80. The van der Waals surface area contributed by atoms with Gasteiger partial charge in [0.15, 0.2) is 0 Å². The first-order valence-corrected chi connectivity index (χ1v) is 6.96. The van der Waals surface area contributed by atoms with E-state index < -0.39 is 0 Å². The standard InChI is InChI=1S/C13H25N3O/c1-15(12-6-2-3-7-14-10-12)11-13(17)16-8-4-5-9-16/h12,14H,2-11H2,1H3. The number of carbonyl (C=O) groups excluding carboxylic acids is 1. The third-order valence-corrected chi connectivity index (χ3v) is 3.99. The largest absolute Gasteiger partial charge is 0.342 e. The van der Waals surface area contributed by atoms with Crippen molar-refractivity contribution in [2.24, 2.45) is 0 Å². The summed E-state index contributed by atoms with van der Waals surface area (Å²) in [6.45, 7) is 4.69. The Balaban J connectivity index is 1.78. The Morgan fingerprint density at radius 3 is 2.82 bits per heavy atom. The number of amides is 1. The van der Waals surface area contributed by atoms with E-state index in [1.807, 2.05) is 4.90 Å². The molecule has 98 valence electrons. The highest BCUT2D eigenvalue weighted by molar-refractivity contribution is 5.78. The Bertz CT molecular complexity index is 243. The van der Waals surface area contributed by atoms with Gasteiger partial charge in [-0.2, -0.15) is 0 Å². The molecule has 1 N–H and O–H groups in total. The minimum Gasteiger partial charge on any atom is -0.342 e. The van der Waals surface area contributed by atoms with Crippen molar-refractivity contribution in [1.29, 1.82) is 0 Å². The highest BCUT2D eigenvalue weighted by atomic mass is 16.2. The second-order valence-corrected chi connectivity index (χ2v) is 5.36. The van der Waals surface area contributed by atoms with E-state index >= 15 is 0 Å². The van der Waals surface area contributed by atoms with Gasteiger partial charge in [-0.05, 0) is 39.3 Å². The van der Waals surface area contributed by atoms with Gasteiger partial charge in [-0.25, -0.2) is 0 Å². The molecule has 0 saturated carbocycles. The fourth-order valence-electron chi connectivity index (χ4n) is 2.79. The molecule has 0 aromatic heterocycles. The number of hydrogen-bond acceptors (Lipinski definition) is 3. The summed E-state index contributed by atoms with van der Waals surface area (Å²) in [5, 5.41) is 3.45. The van der Waals surface area contributed by atoms with Gasteiger partial charge in [0, 0.05) is 25.7 Å². The number of rotatable bonds is 3. The number of carbonyl (C=O) groups is 1. The number of nitrogens with one attached hydrogen (secondary N) is 1. The molecule has 0 aliphatic carbocycles. The molecule has 0 bridgehead atoms. The first-order chi connectivity index (χ1) is 8.27. The summed E-state index contributed by atoms with van der Waals surface area (Å²) < 4.78 is 0. The van der Waals surface area contributed by atoms with Gasteiger partial charge in [-0.15, -0.1) is 0 Å². The maximum atomic E-state index is 12.0. The maximum Gasteiger partial charge on any atom is 0.236 e. The predicted molar refractivity (Wildman–Crippen MR) is 69.0 cm³/mol. The molecule has 1 unspecified atom stereocenters. The summed E-state index contributed by atoms with van der Waals surface area (Å²) in [6, 6.07) is 0.532. The van der Waals surface area contributed by atoms with Crippen LogP contribution in [0.4, 0.5) is 0 Å². The van der Waals surface area contributed by atoms with Gasteiger partial charge < -0.3 is 10.2 Å². The number of likely N-dealkylation sites (N-methyl/N-ethyl adjacent to an activating group) is 1. The van der Waals surface area contributed by atoms with E-state index in [0.717, 1.165) is 26.2 Å². The predicted octanol–water partition coefficient (Wildman–Crippen LogP) is 0.683. The normalized spacial score (nSPS) is 26.2. The van der Waals surface area contributed by atoms with Crippen LogP contribution in [0, 0.1) is 0 Å². The van der Waals surface area contributed by atoms with E-state index in [4.69, 9.17) is 0 Å². The van der Waals surface area contributed by atoms with Crippen molar-refractivity contribution < 1.29 is 4.79 Å². The van der Waals surface area contributed by atoms with Crippen LogP contribution in [0.15, 0.2) is 0 Å².